The molecule has 0 radical (unpaired) electrons. The number of hydrogen-bond acceptors (Lipinski definition) is 4. The van der Waals surface area contributed by atoms with Crippen LogP contribution in [0.4, 0.5) is 5.69 Å². The van der Waals surface area contributed by atoms with E-state index in [0.29, 0.717) is 25.2 Å². The first-order valence-corrected chi connectivity index (χ1v) is 8.44. The molecule has 0 aliphatic heterocycles. The fourth-order valence-electron chi connectivity index (χ4n) is 2.94. The number of nitrogens with one attached hydrogen (secondary N) is 2. The van der Waals surface area contributed by atoms with E-state index in [1.54, 1.807) is 7.11 Å². The van der Waals surface area contributed by atoms with Gasteiger partial charge in [0, 0.05) is 13.2 Å². The van der Waals surface area contributed by atoms with Crippen molar-refractivity contribution in [2.45, 2.75) is 38.6 Å². The number of carbonyl (C=O) groups excluding carboxylic acids is 1. The second kappa shape index (κ2) is 9.40. The Labute approximate surface area is 138 Å². The number of hydrogen-bond donors (Lipinski definition) is 2. The summed E-state index contributed by atoms with van der Waals surface area (Å²) >= 11 is 0. The highest BCUT2D eigenvalue weighted by Crippen LogP contribution is 2.24. The lowest BCUT2D eigenvalue weighted by Crippen LogP contribution is -2.43. The number of rotatable bonds is 8. The van der Waals surface area contributed by atoms with Crippen molar-refractivity contribution >= 4 is 11.6 Å². The second-order valence-corrected chi connectivity index (χ2v) is 6.13. The maximum atomic E-state index is 12.2. The highest BCUT2D eigenvalue weighted by Gasteiger charge is 2.22. The van der Waals surface area contributed by atoms with Gasteiger partial charge in [0.15, 0.2) is 0 Å². The SMILES string of the molecule is COCCOc1ccccc1NCC(=O)N[C@@H]1CCCC[C@H]1C. The minimum absolute atomic E-state index is 0.0374. The van der Waals surface area contributed by atoms with E-state index in [1.165, 1.54) is 19.3 Å². The lowest BCUT2D eigenvalue weighted by molar-refractivity contribution is -0.120. The molecule has 23 heavy (non-hydrogen) atoms. The molecule has 0 unspecified atom stereocenters. The molecule has 1 fully saturated rings. The molecule has 5 nitrogen and oxygen atoms in total. The number of anilines is 1. The summed E-state index contributed by atoms with van der Waals surface area (Å²) in [6.45, 7) is 3.50. The fourth-order valence-corrected chi connectivity index (χ4v) is 2.94. The number of methoxy groups -OCH3 is 1. The summed E-state index contributed by atoms with van der Waals surface area (Å²) in [6.07, 6.45) is 4.77. The monoisotopic (exact) mass is 320 g/mol. The normalized spacial score (nSPS) is 20.8. The molecule has 0 aromatic heterocycles. The molecule has 1 saturated carbocycles. The Hall–Kier alpha value is -1.75. The van der Waals surface area contributed by atoms with E-state index in [-0.39, 0.29) is 12.5 Å². The summed E-state index contributed by atoms with van der Waals surface area (Å²) in [4.78, 5) is 12.2. The van der Waals surface area contributed by atoms with Crippen molar-refractivity contribution in [1.82, 2.24) is 5.32 Å². The molecule has 128 valence electrons. The van der Waals surface area contributed by atoms with Crippen LogP contribution in [0.2, 0.25) is 0 Å². The minimum Gasteiger partial charge on any atom is -0.489 e. The standard InChI is InChI=1S/C18H28N2O3/c1-14-7-3-4-8-15(14)20-18(21)13-19-16-9-5-6-10-17(16)23-12-11-22-2/h5-6,9-10,14-15,19H,3-4,7-8,11-13H2,1-2H3,(H,20,21)/t14-,15-/m1/s1. The van der Waals surface area contributed by atoms with Gasteiger partial charge in [0.2, 0.25) is 5.91 Å². The van der Waals surface area contributed by atoms with Crippen LogP contribution in [0, 0.1) is 5.92 Å². The van der Waals surface area contributed by atoms with E-state index in [2.05, 4.69) is 17.6 Å². The van der Waals surface area contributed by atoms with E-state index in [9.17, 15) is 4.79 Å². The summed E-state index contributed by atoms with van der Waals surface area (Å²) in [6, 6.07) is 7.95. The number of para-hydroxylation sites is 2. The van der Waals surface area contributed by atoms with E-state index in [0.717, 1.165) is 17.9 Å². The van der Waals surface area contributed by atoms with Crippen molar-refractivity contribution in [3.63, 3.8) is 0 Å². The lowest BCUT2D eigenvalue weighted by Gasteiger charge is -2.29. The minimum atomic E-state index is 0.0374. The quantitative estimate of drug-likeness (QED) is 0.723. The first-order valence-electron chi connectivity index (χ1n) is 8.44. The van der Waals surface area contributed by atoms with Gasteiger partial charge in [0.1, 0.15) is 12.4 Å². The molecule has 0 heterocycles. The van der Waals surface area contributed by atoms with Gasteiger partial charge in [-0.2, -0.15) is 0 Å². The molecule has 0 spiro atoms. The first-order chi connectivity index (χ1) is 11.2. The van der Waals surface area contributed by atoms with Crippen LogP contribution in [-0.4, -0.2) is 38.8 Å². The van der Waals surface area contributed by atoms with Crippen LogP contribution in [0.15, 0.2) is 24.3 Å². The molecule has 1 aliphatic rings. The Bertz CT molecular complexity index is 493. The average molecular weight is 320 g/mol. The zero-order chi connectivity index (χ0) is 16.5. The first kappa shape index (κ1) is 17.6. The van der Waals surface area contributed by atoms with Gasteiger partial charge in [0.05, 0.1) is 18.8 Å². The molecule has 2 N–H and O–H groups in total. The molecule has 0 saturated heterocycles. The summed E-state index contributed by atoms with van der Waals surface area (Å²) in [5, 5.41) is 6.31. The van der Waals surface area contributed by atoms with E-state index in [1.807, 2.05) is 24.3 Å². The molecule has 1 aliphatic carbocycles. The number of benzene rings is 1. The predicted octanol–water partition coefficient (Wildman–Crippen LogP) is 2.82. The summed E-state index contributed by atoms with van der Waals surface area (Å²) in [5.74, 6) is 1.34. The van der Waals surface area contributed by atoms with Crippen LogP contribution in [-0.2, 0) is 9.53 Å². The Morgan fingerprint density at radius 3 is 2.78 bits per heavy atom. The Kier molecular flexibility index (Phi) is 7.20. The summed E-state index contributed by atoms with van der Waals surface area (Å²) in [5.41, 5.74) is 0.829. The molecule has 2 rings (SSSR count). The molecular formula is C18H28N2O3. The van der Waals surface area contributed by atoms with Gasteiger partial charge >= 0.3 is 0 Å². The van der Waals surface area contributed by atoms with Crippen LogP contribution in [0.25, 0.3) is 0 Å². The Morgan fingerprint density at radius 1 is 1.22 bits per heavy atom. The maximum Gasteiger partial charge on any atom is 0.239 e. The van der Waals surface area contributed by atoms with Crippen LogP contribution in [0.5, 0.6) is 5.75 Å². The molecule has 2 atom stereocenters. The van der Waals surface area contributed by atoms with Crippen molar-refractivity contribution in [1.29, 1.82) is 0 Å². The van der Waals surface area contributed by atoms with Crippen LogP contribution in [0.1, 0.15) is 32.6 Å². The third-order valence-corrected chi connectivity index (χ3v) is 4.33. The van der Waals surface area contributed by atoms with Gasteiger partial charge in [-0.05, 0) is 30.9 Å². The molecular weight excluding hydrogens is 292 g/mol. The highest BCUT2D eigenvalue weighted by molar-refractivity contribution is 5.81. The van der Waals surface area contributed by atoms with Gasteiger partial charge in [-0.15, -0.1) is 0 Å². The van der Waals surface area contributed by atoms with Gasteiger partial charge in [-0.1, -0.05) is 31.9 Å². The number of carbonyl (C=O) groups is 1. The molecule has 5 heteroatoms. The van der Waals surface area contributed by atoms with Crippen LogP contribution < -0.4 is 15.4 Å². The van der Waals surface area contributed by atoms with E-state index >= 15 is 0 Å². The molecule has 1 amide bonds. The van der Waals surface area contributed by atoms with E-state index in [4.69, 9.17) is 9.47 Å². The van der Waals surface area contributed by atoms with Crippen molar-refractivity contribution in [2.24, 2.45) is 5.92 Å². The fraction of sp³-hybridized carbons (Fsp3) is 0.611. The van der Waals surface area contributed by atoms with Crippen molar-refractivity contribution < 1.29 is 14.3 Å². The maximum absolute atomic E-state index is 12.2. The topological polar surface area (TPSA) is 59.6 Å². The Morgan fingerprint density at radius 2 is 2.00 bits per heavy atom. The lowest BCUT2D eigenvalue weighted by atomic mass is 9.86. The molecule has 1 aromatic carbocycles. The largest absolute Gasteiger partial charge is 0.489 e. The molecule has 1 aromatic rings. The third-order valence-electron chi connectivity index (χ3n) is 4.33. The highest BCUT2D eigenvalue weighted by atomic mass is 16.5. The zero-order valence-electron chi connectivity index (χ0n) is 14.1. The van der Waals surface area contributed by atoms with Crippen molar-refractivity contribution in [3.8, 4) is 5.75 Å². The number of ether oxygens (including phenoxy) is 2. The van der Waals surface area contributed by atoms with Crippen LogP contribution >= 0.6 is 0 Å². The van der Waals surface area contributed by atoms with E-state index < -0.39 is 0 Å². The molecule has 0 bridgehead atoms. The summed E-state index contributed by atoms with van der Waals surface area (Å²) < 4.78 is 10.6. The average Bonchev–Trinajstić information content (AvgIpc) is 2.56. The smallest absolute Gasteiger partial charge is 0.239 e. The van der Waals surface area contributed by atoms with Crippen molar-refractivity contribution in [2.75, 3.05) is 32.2 Å². The zero-order valence-corrected chi connectivity index (χ0v) is 14.1. The van der Waals surface area contributed by atoms with Gasteiger partial charge in [-0.25, -0.2) is 0 Å². The predicted molar refractivity (Wildman–Crippen MR) is 91.9 cm³/mol. The number of amides is 1. The summed E-state index contributed by atoms with van der Waals surface area (Å²) in [7, 11) is 1.64. The van der Waals surface area contributed by atoms with Crippen LogP contribution in [0.3, 0.4) is 0 Å². The third kappa shape index (κ3) is 5.75. The van der Waals surface area contributed by atoms with Gasteiger partial charge in [0.25, 0.3) is 0 Å². The van der Waals surface area contributed by atoms with Gasteiger partial charge in [-0.3, -0.25) is 4.79 Å². The van der Waals surface area contributed by atoms with Crippen molar-refractivity contribution in [3.05, 3.63) is 24.3 Å². The second-order valence-electron chi connectivity index (χ2n) is 6.13. The Balaban J connectivity index is 1.81. The van der Waals surface area contributed by atoms with Gasteiger partial charge < -0.3 is 20.1 Å².